The average molecular weight is 329 g/mol. The Kier molecular flexibility index (Phi) is 4.25. The van der Waals surface area contributed by atoms with Crippen molar-refractivity contribution in [1.82, 2.24) is 0 Å². The molecular weight excluding hydrogens is 317 g/mol. The molecule has 0 radical (unpaired) electrons. The van der Waals surface area contributed by atoms with Crippen LogP contribution in [0.5, 0.6) is 0 Å². The highest BCUT2D eigenvalue weighted by Gasteiger charge is 2.06. The number of anilines is 1. The lowest BCUT2D eigenvalue weighted by atomic mass is 10.1. The summed E-state index contributed by atoms with van der Waals surface area (Å²) in [7, 11) is 0. The molecule has 0 saturated carbocycles. The van der Waals surface area contributed by atoms with Crippen LogP contribution in [-0.2, 0) is 0 Å². The van der Waals surface area contributed by atoms with Crippen LogP contribution >= 0.6 is 27.5 Å². The van der Waals surface area contributed by atoms with Crippen LogP contribution in [0.3, 0.4) is 0 Å². The summed E-state index contributed by atoms with van der Waals surface area (Å²) in [6.45, 7) is 2.02. The van der Waals surface area contributed by atoms with Crippen LogP contribution in [0.25, 0.3) is 0 Å². The van der Waals surface area contributed by atoms with Gasteiger partial charge in [0.25, 0.3) is 0 Å². The minimum Gasteiger partial charge on any atom is -0.378 e. The van der Waals surface area contributed by atoms with Gasteiger partial charge in [0.1, 0.15) is 5.82 Å². The van der Waals surface area contributed by atoms with Crippen LogP contribution in [0.4, 0.5) is 10.1 Å². The van der Waals surface area contributed by atoms with Crippen LogP contribution in [-0.4, -0.2) is 0 Å². The molecule has 94 valence electrons. The summed E-state index contributed by atoms with van der Waals surface area (Å²) in [5.41, 5.74) is 1.99. The average Bonchev–Trinajstić information content (AvgIpc) is 2.34. The second kappa shape index (κ2) is 5.72. The quantitative estimate of drug-likeness (QED) is 0.794. The van der Waals surface area contributed by atoms with Gasteiger partial charge in [0, 0.05) is 16.2 Å². The molecule has 0 saturated heterocycles. The summed E-state index contributed by atoms with van der Waals surface area (Å²) in [5.74, 6) is -0.222. The molecule has 1 atom stereocenters. The second-order valence-corrected chi connectivity index (χ2v) is 5.31. The fourth-order valence-corrected chi connectivity index (χ4v) is 2.17. The Bertz CT molecular complexity index is 542. The van der Waals surface area contributed by atoms with Crippen molar-refractivity contribution in [1.29, 1.82) is 0 Å². The minimum absolute atomic E-state index is 0.0960. The van der Waals surface area contributed by atoms with Gasteiger partial charge in [-0.3, -0.25) is 0 Å². The van der Waals surface area contributed by atoms with E-state index in [9.17, 15) is 4.39 Å². The Labute approximate surface area is 119 Å². The van der Waals surface area contributed by atoms with Gasteiger partial charge in [0.2, 0.25) is 0 Å². The first-order valence-corrected chi connectivity index (χ1v) is 6.70. The highest BCUT2D eigenvalue weighted by Crippen LogP contribution is 2.27. The maximum Gasteiger partial charge on any atom is 0.123 e. The molecule has 2 aromatic rings. The predicted molar refractivity (Wildman–Crippen MR) is 77.6 cm³/mol. The van der Waals surface area contributed by atoms with Gasteiger partial charge in [-0.05, 0) is 58.7 Å². The van der Waals surface area contributed by atoms with Gasteiger partial charge in [-0.25, -0.2) is 4.39 Å². The van der Waals surface area contributed by atoms with Crippen LogP contribution in [0.2, 0.25) is 5.02 Å². The molecule has 2 rings (SSSR count). The van der Waals surface area contributed by atoms with Crippen molar-refractivity contribution in [3.05, 3.63) is 63.3 Å². The van der Waals surface area contributed by atoms with Gasteiger partial charge in [-0.1, -0.05) is 23.7 Å². The van der Waals surface area contributed by atoms with E-state index in [0.29, 0.717) is 5.02 Å². The standard InChI is InChI=1S/C14H12BrClFN/c1-9(10-2-4-11(17)5-3-10)18-12-6-7-14(16)13(15)8-12/h2-9,18H,1H3. The molecule has 18 heavy (non-hydrogen) atoms. The Balaban J connectivity index is 2.13. The van der Waals surface area contributed by atoms with Gasteiger partial charge in [0.15, 0.2) is 0 Å². The Morgan fingerprint density at radius 2 is 1.83 bits per heavy atom. The van der Waals surface area contributed by atoms with E-state index in [1.54, 1.807) is 12.1 Å². The topological polar surface area (TPSA) is 12.0 Å². The largest absolute Gasteiger partial charge is 0.378 e. The third-order valence-electron chi connectivity index (χ3n) is 2.67. The smallest absolute Gasteiger partial charge is 0.123 e. The molecule has 4 heteroatoms. The lowest BCUT2D eigenvalue weighted by Gasteiger charge is -2.16. The number of hydrogen-bond acceptors (Lipinski definition) is 1. The first-order valence-electron chi connectivity index (χ1n) is 5.53. The van der Waals surface area contributed by atoms with Gasteiger partial charge in [0.05, 0.1) is 5.02 Å². The van der Waals surface area contributed by atoms with Crippen LogP contribution in [0.15, 0.2) is 46.9 Å². The maximum atomic E-state index is 12.8. The fraction of sp³-hybridized carbons (Fsp3) is 0.143. The predicted octanol–water partition coefficient (Wildman–Crippen LogP) is 5.41. The van der Waals surface area contributed by atoms with Crippen molar-refractivity contribution in [2.24, 2.45) is 0 Å². The van der Waals surface area contributed by atoms with E-state index >= 15 is 0 Å². The van der Waals surface area contributed by atoms with E-state index in [1.165, 1.54) is 12.1 Å². The SMILES string of the molecule is CC(Nc1ccc(Cl)c(Br)c1)c1ccc(F)cc1. The van der Waals surface area contributed by atoms with Crippen molar-refractivity contribution < 1.29 is 4.39 Å². The summed E-state index contributed by atoms with van der Waals surface area (Å²) < 4.78 is 13.7. The van der Waals surface area contributed by atoms with Crippen molar-refractivity contribution in [3.8, 4) is 0 Å². The van der Waals surface area contributed by atoms with Gasteiger partial charge >= 0.3 is 0 Å². The van der Waals surface area contributed by atoms with Gasteiger partial charge in [-0.15, -0.1) is 0 Å². The molecule has 1 nitrogen and oxygen atoms in total. The summed E-state index contributed by atoms with van der Waals surface area (Å²) in [5, 5.41) is 4.01. The zero-order chi connectivity index (χ0) is 13.1. The normalized spacial score (nSPS) is 12.2. The summed E-state index contributed by atoms with van der Waals surface area (Å²) >= 11 is 9.32. The molecular formula is C14H12BrClFN. The van der Waals surface area contributed by atoms with E-state index in [0.717, 1.165) is 15.7 Å². The zero-order valence-electron chi connectivity index (χ0n) is 9.75. The summed E-state index contributed by atoms with van der Waals surface area (Å²) in [4.78, 5) is 0. The molecule has 0 fully saturated rings. The second-order valence-electron chi connectivity index (χ2n) is 4.05. The summed E-state index contributed by atoms with van der Waals surface area (Å²) in [6.07, 6.45) is 0. The lowest BCUT2D eigenvalue weighted by Crippen LogP contribution is -2.06. The number of halogens is 3. The zero-order valence-corrected chi connectivity index (χ0v) is 12.1. The van der Waals surface area contributed by atoms with Crippen molar-refractivity contribution in [2.75, 3.05) is 5.32 Å². The third-order valence-corrected chi connectivity index (χ3v) is 3.89. The Morgan fingerprint density at radius 3 is 2.44 bits per heavy atom. The summed E-state index contributed by atoms with van der Waals surface area (Å²) in [6, 6.07) is 12.2. The first kappa shape index (κ1) is 13.4. The molecule has 0 amide bonds. The molecule has 0 heterocycles. The van der Waals surface area contributed by atoms with E-state index in [2.05, 4.69) is 21.2 Å². The van der Waals surface area contributed by atoms with E-state index in [-0.39, 0.29) is 11.9 Å². The minimum atomic E-state index is -0.222. The van der Waals surface area contributed by atoms with Crippen molar-refractivity contribution in [2.45, 2.75) is 13.0 Å². The Hall–Kier alpha value is -1.06. The van der Waals surface area contributed by atoms with Gasteiger partial charge in [-0.2, -0.15) is 0 Å². The molecule has 0 bridgehead atoms. The highest BCUT2D eigenvalue weighted by molar-refractivity contribution is 9.10. The molecule has 2 aromatic carbocycles. The monoisotopic (exact) mass is 327 g/mol. The van der Waals surface area contributed by atoms with E-state index in [1.807, 2.05) is 25.1 Å². The number of hydrogen-bond donors (Lipinski definition) is 1. The molecule has 1 N–H and O–H groups in total. The number of rotatable bonds is 3. The van der Waals surface area contributed by atoms with Gasteiger partial charge < -0.3 is 5.32 Å². The molecule has 0 aliphatic heterocycles. The molecule has 0 aromatic heterocycles. The van der Waals surface area contributed by atoms with Crippen molar-refractivity contribution >= 4 is 33.2 Å². The van der Waals surface area contributed by atoms with Crippen LogP contribution < -0.4 is 5.32 Å². The number of nitrogens with one attached hydrogen (secondary N) is 1. The van der Waals surface area contributed by atoms with Crippen molar-refractivity contribution in [3.63, 3.8) is 0 Å². The molecule has 0 aliphatic rings. The highest BCUT2D eigenvalue weighted by atomic mass is 79.9. The maximum absolute atomic E-state index is 12.8. The molecule has 1 unspecified atom stereocenters. The Morgan fingerprint density at radius 1 is 1.17 bits per heavy atom. The van der Waals surface area contributed by atoms with E-state index < -0.39 is 0 Å². The molecule has 0 aliphatic carbocycles. The molecule has 0 spiro atoms. The third kappa shape index (κ3) is 3.24. The van der Waals surface area contributed by atoms with Crippen LogP contribution in [0.1, 0.15) is 18.5 Å². The number of benzene rings is 2. The fourth-order valence-electron chi connectivity index (χ4n) is 1.67. The first-order chi connectivity index (χ1) is 8.56. The van der Waals surface area contributed by atoms with Crippen LogP contribution in [0, 0.1) is 5.82 Å². The lowest BCUT2D eigenvalue weighted by molar-refractivity contribution is 0.626. The van der Waals surface area contributed by atoms with E-state index in [4.69, 9.17) is 11.6 Å².